The third-order valence-corrected chi connectivity index (χ3v) is 3.37. The van der Waals surface area contributed by atoms with Crippen LogP contribution in [0.2, 0.25) is 0 Å². The molecule has 0 aromatic heterocycles. The van der Waals surface area contributed by atoms with Gasteiger partial charge in [0.1, 0.15) is 0 Å². The first-order chi connectivity index (χ1) is 9.10. The lowest BCUT2D eigenvalue weighted by molar-refractivity contribution is 0.0912. The SMILES string of the molecule is COc1ccc(C(=O)NC2CCCN(C)C2)cc1F. The number of likely N-dealkylation sites (tertiary alicyclic amines) is 1. The Bertz CT molecular complexity index is 465. The number of hydrogen-bond donors (Lipinski definition) is 1. The summed E-state index contributed by atoms with van der Waals surface area (Å²) in [5.74, 6) is -0.605. The Morgan fingerprint density at radius 3 is 2.95 bits per heavy atom. The molecule has 2 rings (SSSR count). The summed E-state index contributed by atoms with van der Waals surface area (Å²) in [7, 11) is 3.43. The average molecular weight is 266 g/mol. The van der Waals surface area contributed by atoms with Gasteiger partial charge in [-0.05, 0) is 44.6 Å². The molecule has 0 spiro atoms. The standard InChI is InChI=1S/C14H19FN2O2/c1-17-7-3-4-11(9-17)16-14(18)10-5-6-13(19-2)12(15)8-10/h5-6,8,11H,3-4,7,9H2,1-2H3,(H,16,18). The lowest BCUT2D eigenvalue weighted by Gasteiger charge is -2.30. The van der Waals surface area contributed by atoms with Gasteiger partial charge >= 0.3 is 0 Å². The molecule has 0 saturated carbocycles. The van der Waals surface area contributed by atoms with E-state index in [4.69, 9.17) is 4.74 Å². The van der Waals surface area contributed by atoms with Gasteiger partial charge in [0.05, 0.1) is 7.11 Å². The maximum absolute atomic E-state index is 13.5. The molecule has 1 aromatic carbocycles. The van der Waals surface area contributed by atoms with Crippen molar-refractivity contribution in [1.29, 1.82) is 0 Å². The summed E-state index contributed by atoms with van der Waals surface area (Å²) in [5, 5.41) is 2.94. The molecular weight excluding hydrogens is 247 g/mol. The zero-order valence-electron chi connectivity index (χ0n) is 11.3. The van der Waals surface area contributed by atoms with Gasteiger partial charge in [0, 0.05) is 18.2 Å². The third-order valence-electron chi connectivity index (χ3n) is 3.37. The number of ether oxygens (including phenoxy) is 1. The molecule has 1 aromatic rings. The fourth-order valence-corrected chi connectivity index (χ4v) is 2.36. The quantitative estimate of drug-likeness (QED) is 0.904. The number of likely N-dealkylation sites (N-methyl/N-ethyl adjacent to an activating group) is 1. The van der Waals surface area contributed by atoms with Gasteiger partial charge in [-0.25, -0.2) is 4.39 Å². The van der Waals surface area contributed by atoms with Crippen molar-refractivity contribution >= 4 is 5.91 Å². The molecule has 1 aliphatic heterocycles. The van der Waals surface area contributed by atoms with Crippen LogP contribution in [0.25, 0.3) is 0 Å². The number of piperidine rings is 1. The molecule has 1 fully saturated rings. The van der Waals surface area contributed by atoms with Gasteiger partial charge < -0.3 is 15.0 Å². The van der Waals surface area contributed by atoms with Gasteiger partial charge in [-0.1, -0.05) is 0 Å². The Labute approximate surface area is 112 Å². The smallest absolute Gasteiger partial charge is 0.251 e. The first kappa shape index (κ1) is 13.8. The summed E-state index contributed by atoms with van der Waals surface area (Å²) in [5.41, 5.74) is 0.325. The normalized spacial score (nSPS) is 20.1. The second-order valence-corrected chi connectivity index (χ2v) is 4.92. The van der Waals surface area contributed by atoms with E-state index < -0.39 is 5.82 Å². The lowest BCUT2D eigenvalue weighted by Crippen LogP contribution is -2.46. The number of rotatable bonds is 3. The minimum absolute atomic E-state index is 0.136. The van der Waals surface area contributed by atoms with E-state index in [1.54, 1.807) is 6.07 Å². The van der Waals surface area contributed by atoms with Crippen LogP contribution < -0.4 is 10.1 Å². The summed E-state index contributed by atoms with van der Waals surface area (Å²) in [6, 6.07) is 4.39. The Morgan fingerprint density at radius 2 is 2.32 bits per heavy atom. The van der Waals surface area contributed by atoms with Crippen molar-refractivity contribution in [2.45, 2.75) is 18.9 Å². The molecule has 1 atom stereocenters. The van der Waals surface area contributed by atoms with Gasteiger partial charge in [0.15, 0.2) is 11.6 Å². The highest BCUT2D eigenvalue weighted by atomic mass is 19.1. The van der Waals surface area contributed by atoms with Gasteiger partial charge in [0.2, 0.25) is 0 Å². The molecule has 1 unspecified atom stereocenters. The number of carbonyl (C=O) groups is 1. The van der Waals surface area contributed by atoms with E-state index >= 15 is 0 Å². The van der Waals surface area contributed by atoms with Crippen molar-refractivity contribution < 1.29 is 13.9 Å². The molecule has 0 bridgehead atoms. The second kappa shape index (κ2) is 6.02. The maximum Gasteiger partial charge on any atom is 0.251 e. The van der Waals surface area contributed by atoms with E-state index in [0.29, 0.717) is 5.56 Å². The predicted octanol–water partition coefficient (Wildman–Crippen LogP) is 1.66. The Hall–Kier alpha value is -1.62. The second-order valence-electron chi connectivity index (χ2n) is 4.92. The monoisotopic (exact) mass is 266 g/mol. The van der Waals surface area contributed by atoms with Gasteiger partial charge in [-0.15, -0.1) is 0 Å². The van der Waals surface area contributed by atoms with Crippen LogP contribution in [-0.2, 0) is 0 Å². The number of halogens is 1. The van der Waals surface area contributed by atoms with Gasteiger partial charge in [-0.3, -0.25) is 4.79 Å². The van der Waals surface area contributed by atoms with E-state index in [2.05, 4.69) is 10.2 Å². The highest BCUT2D eigenvalue weighted by Crippen LogP contribution is 2.18. The molecule has 1 aliphatic rings. The Morgan fingerprint density at radius 1 is 1.53 bits per heavy atom. The van der Waals surface area contributed by atoms with E-state index in [1.807, 2.05) is 7.05 Å². The fourth-order valence-electron chi connectivity index (χ4n) is 2.36. The highest BCUT2D eigenvalue weighted by molar-refractivity contribution is 5.94. The van der Waals surface area contributed by atoms with Crippen molar-refractivity contribution in [1.82, 2.24) is 10.2 Å². The molecular formula is C14H19FN2O2. The number of methoxy groups -OCH3 is 1. The molecule has 0 aliphatic carbocycles. The van der Waals surface area contributed by atoms with Crippen LogP contribution in [0.1, 0.15) is 23.2 Å². The van der Waals surface area contributed by atoms with E-state index in [0.717, 1.165) is 25.9 Å². The average Bonchev–Trinajstić information content (AvgIpc) is 2.38. The minimum Gasteiger partial charge on any atom is -0.494 e. The summed E-state index contributed by atoms with van der Waals surface area (Å²) in [6.07, 6.45) is 2.03. The van der Waals surface area contributed by atoms with Gasteiger partial charge in [-0.2, -0.15) is 0 Å². The maximum atomic E-state index is 13.5. The van der Waals surface area contributed by atoms with Crippen LogP contribution in [0.4, 0.5) is 4.39 Å². The summed E-state index contributed by atoms with van der Waals surface area (Å²) < 4.78 is 18.4. The van der Waals surface area contributed by atoms with Crippen molar-refractivity contribution in [3.8, 4) is 5.75 Å². The zero-order chi connectivity index (χ0) is 13.8. The van der Waals surface area contributed by atoms with Crippen LogP contribution in [-0.4, -0.2) is 44.1 Å². The largest absolute Gasteiger partial charge is 0.494 e. The third kappa shape index (κ3) is 3.44. The molecule has 1 saturated heterocycles. The van der Waals surface area contributed by atoms with Crippen LogP contribution >= 0.6 is 0 Å². The van der Waals surface area contributed by atoms with Crippen LogP contribution in [0.5, 0.6) is 5.75 Å². The van der Waals surface area contributed by atoms with Crippen LogP contribution in [0, 0.1) is 5.82 Å². The lowest BCUT2D eigenvalue weighted by atomic mass is 10.1. The number of carbonyl (C=O) groups excluding carboxylic acids is 1. The summed E-state index contributed by atoms with van der Waals surface area (Å²) in [6.45, 7) is 1.90. The van der Waals surface area contributed by atoms with Crippen molar-refractivity contribution in [2.75, 3.05) is 27.2 Å². The van der Waals surface area contributed by atoms with Crippen LogP contribution in [0.15, 0.2) is 18.2 Å². The number of benzene rings is 1. The molecule has 19 heavy (non-hydrogen) atoms. The molecule has 104 valence electrons. The summed E-state index contributed by atoms with van der Waals surface area (Å²) in [4.78, 5) is 14.2. The minimum atomic E-state index is -0.518. The first-order valence-corrected chi connectivity index (χ1v) is 6.43. The number of nitrogens with zero attached hydrogens (tertiary/aromatic N) is 1. The van der Waals surface area contributed by atoms with Crippen molar-refractivity contribution in [2.24, 2.45) is 0 Å². The fraction of sp³-hybridized carbons (Fsp3) is 0.500. The first-order valence-electron chi connectivity index (χ1n) is 6.43. The molecule has 1 N–H and O–H groups in total. The number of nitrogens with one attached hydrogen (secondary N) is 1. The molecule has 5 heteroatoms. The topological polar surface area (TPSA) is 41.6 Å². The van der Waals surface area contributed by atoms with Crippen molar-refractivity contribution in [3.63, 3.8) is 0 Å². The zero-order valence-corrected chi connectivity index (χ0v) is 11.3. The van der Waals surface area contributed by atoms with Crippen LogP contribution in [0.3, 0.4) is 0 Å². The summed E-state index contributed by atoms with van der Waals surface area (Å²) >= 11 is 0. The Balaban J connectivity index is 2.01. The molecule has 4 nitrogen and oxygen atoms in total. The molecule has 1 heterocycles. The van der Waals surface area contributed by atoms with Crippen molar-refractivity contribution in [3.05, 3.63) is 29.6 Å². The molecule has 0 radical (unpaired) electrons. The van der Waals surface area contributed by atoms with E-state index in [1.165, 1.54) is 19.2 Å². The number of amides is 1. The van der Waals surface area contributed by atoms with E-state index in [-0.39, 0.29) is 17.7 Å². The highest BCUT2D eigenvalue weighted by Gasteiger charge is 2.20. The Kier molecular flexibility index (Phi) is 4.37. The molecule has 1 amide bonds. The van der Waals surface area contributed by atoms with Gasteiger partial charge in [0.25, 0.3) is 5.91 Å². The predicted molar refractivity (Wildman–Crippen MR) is 70.9 cm³/mol. The number of hydrogen-bond acceptors (Lipinski definition) is 3. The van der Waals surface area contributed by atoms with E-state index in [9.17, 15) is 9.18 Å².